The van der Waals surface area contributed by atoms with Crippen molar-refractivity contribution in [1.29, 1.82) is 0 Å². The van der Waals surface area contributed by atoms with E-state index in [1.165, 1.54) is 38.5 Å². The minimum atomic E-state index is 0.527. The first-order valence-corrected chi connectivity index (χ1v) is 7.68. The van der Waals surface area contributed by atoms with E-state index in [1.54, 1.807) is 0 Å². The second-order valence-electron chi connectivity index (χ2n) is 8.13. The normalized spacial score (nSPS) is 52.2. The second-order valence-corrected chi connectivity index (χ2v) is 8.13. The van der Waals surface area contributed by atoms with E-state index in [9.17, 15) is 0 Å². The molecule has 5 unspecified atom stereocenters. The fourth-order valence-electron chi connectivity index (χ4n) is 5.31. The first-order chi connectivity index (χ1) is 7.92. The molecule has 0 spiro atoms. The predicted molar refractivity (Wildman–Crippen MR) is 73.0 cm³/mol. The molecule has 0 heterocycles. The number of hydrogen-bond acceptors (Lipinski definition) is 1. The van der Waals surface area contributed by atoms with E-state index in [4.69, 9.17) is 0 Å². The van der Waals surface area contributed by atoms with Crippen LogP contribution >= 0.6 is 0 Å². The summed E-state index contributed by atoms with van der Waals surface area (Å²) in [6, 6.07) is 1.58. The van der Waals surface area contributed by atoms with E-state index < -0.39 is 0 Å². The zero-order chi connectivity index (χ0) is 12.3. The summed E-state index contributed by atoms with van der Waals surface area (Å²) >= 11 is 0. The average Bonchev–Trinajstić information content (AvgIpc) is 2.85. The van der Waals surface area contributed by atoms with Crippen LogP contribution in [0.5, 0.6) is 0 Å². The highest BCUT2D eigenvalue weighted by Crippen LogP contribution is 2.62. The lowest BCUT2D eigenvalue weighted by atomic mass is 9.68. The van der Waals surface area contributed by atoms with E-state index in [-0.39, 0.29) is 0 Å². The number of hydrogen-bond donors (Lipinski definition) is 1. The predicted octanol–water partition coefficient (Wildman–Crippen LogP) is 3.98. The maximum absolute atomic E-state index is 4.07. The van der Waals surface area contributed by atoms with Gasteiger partial charge in [-0.3, -0.25) is 0 Å². The second kappa shape index (κ2) is 3.73. The van der Waals surface area contributed by atoms with Gasteiger partial charge in [-0.1, -0.05) is 27.7 Å². The molecule has 1 N–H and O–H groups in total. The van der Waals surface area contributed by atoms with Crippen LogP contribution < -0.4 is 5.32 Å². The minimum absolute atomic E-state index is 0.527. The first kappa shape index (κ1) is 12.0. The topological polar surface area (TPSA) is 12.0 Å². The largest absolute Gasteiger partial charge is 0.310 e. The highest BCUT2D eigenvalue weighted by Gasteiger charge is 2.59. The molecule has 0 aromatic heterocycles. The summed E-state index contributed by atoms with van der Waals surface area (Å²) in [5.41, 5.74) is 1.12. The lowest BCUT2D eigenvalue weighted by molar-refractivity contribution is 0.0984. The minimum Gasteiger partial charge on any atom is -0.310 e. The number of fused-ring (bicyclic) bond motifs is 2. The summed E-state index contributed by atoms with van der Waals surface area (Å²) in [6.07, 6.45) is 8.66. The molecule has 0 aromatic carbocycles. The molecule has 1 nitrogen and oxygen atoms in total. The maximum Gasteiger partial charge on any atom is 0.0177 e. The van der Waals surface area contributed by atoms with Gasteiger partial charge in [-0.2, -0.15) is 0 Å². The number of nitrogens with one attached hydrogen (secondary N) is 1. The molecular formula is C16H29N. The van der Waals surface area contributed by atoms with E-state index in [2.05, 4.69) is 33.0 Å². The molecule has 0 radical (unpaired) electrons. The molecule has 3 saturated carbocycles. The van der Waals surface area contributed by atoms with E-state index in [0.29, 0.717) is 10.8 Å². The van der Waals surface area contributed by atoms with Crippen molar-refractivity contribution in [2.45, 2.75) is 78.3 Å². The molecule has 1 heteroatoms. The molecule has 3 rings (SSSR count). The summed E-state index contributed by atoms with van der Waals surface area (Å²) in [7, 11) is 0. The van der Waals surface area contributed by atoms with Gasteiger partial charge in [0.2, 0.25) is 0 Å². The third kappa shape index (κ3) is 1.77. The molecule has 3 fully saturated rings. The van der Waals surface area contributed by atoms with Crippen molar-refractivity contribution >= 4 is 0 Å². The van der Waals surface area contributed by atoms with Gasteiger partial charge in [0.1, 0.15) is 0 Å². The average molecular weight is 235 g/mol. The Morgan fingerprint density at radius 2 is 1.82 bits per heavy atom. The Hall–Kier alpha value is -0.0400. The summed E-state index contributed by atoms with van der Waals surface area (Å²) in [5.74, 6) is 1.92. The SMILES string of the molecule is CC1CCC(NC2C3(C)CCC(C3)C2(C)C)C1. The number of rotatable bonds is 2. The molecule has 3 aliphatic rings. The molecule has 5 atom stereocenters. The van der Waals surface area contributed by atoms with Crippen molar-refractivity contribution in [3.05, 3.63) is 0 Å². The summed E-state index contributed by atoms with van der Waals surface area (Å²) < 4.78 is 0. The van der Waals surface area contributed by atoms with Crippen LogP contribution in [0.4, 0.5) is 0 Å². The van der Waals surface area contributed by atoms with Crippen LogP contribution in [0.1, 0.15) is 66.2 Å². The third-order valence-corrected chi connectivity index (χ3v) is 6.37. The maximum atomic E-state index is 4.07. The Morgan fingerprint density at radius 3 is 2.35 bits per heavy atom. The van der Waals surface area contributed by atoms with E-state index >= 15 is 0 Å². The molecular weight excluding hydrogens is 206 g/mol. The van der Waals surface area contributed by atoms with Crippen molar-refractivity contribution in [2.75, 3.05) is 0 Å². The first-order valence-electron chi connectivity index (χ1n) is 7.68. The van der Waals surface area contributed by atoms with Crippen molar-refractivity contribution in [2.24, 2.45) is 22.7 Å². The summed E-state index contributed by atoms with van der Waals surface area (Å²) in [6.45, 7) is 9.98. The molecule has 3 aliphatic carbocycles. The van der Waals surface area contributed by atoms with E-state index in [1.807, 2.05) is 0 Å². The van der Waals surface area contributed by atoms with Gasteiger partial charge in [0.15, 0.2) is 0 Å². The molecule has 98 valence electrons. The fraction of sp³-hybridized carbons (Fsp3) is 1.00. The highest BCUT2D eigenvalue weighted by molar-refractivity contribution is 5.12. The zero-order valence-corrected chi connectivity index (χ0v) is 12.1. The van der Waals surface area contributed by atoms with Crippen LogP contribution in [0.3, 0.4) is 0 Å². The van der Waals surface area contributed by atoms with Gasteiger partial charge in [-0.05, 0) is 61.2 Å². The monoisotopic (exact) mass is 235 g/mol. The van der Waals surface area contributed by atoms with Crippen LogP contribution in [0.2, 0.25) is 0 Å². The van der Waals surface area contributed by atoms with Crippen LogP contribution in [0.25, 0.3) is 0 Å². The molecule has 0 aliphatic heterocycles. The molecule has 0 saturated heterocycles. The van der Waals surface area contributed by atoms with Crippen molar-refractivity contribution in [3.63, 3.8) is 0 Å². The van der Waals surface area contributed by atoms with Crippen LogP contribution in [-0.2, 0) is 0 Å². The van der Waals surface area contributed by atoms with Crippen LogP contribution in [0, 0.1) is 22.7 Å². The molecule has 2 bridgehead atoms. The molecule has 0 aromatic rings. The van der Waals surface area contributed by atoms with Gasteiger partial charge in [-0.15, -0.1) is 0 Å². The van der Waals surface area contributed by atoms with Gasteiger partial charge in [-0.25, -0.2) is 0 Å². The molecule has 17 heavy (non-hydrogen) atoms. The van der Waals surface area contributed by atoms with Gasteiger partial charge in [0.05, 0.1) is 0 Å². The lowest BCUT2D eigenvalue weighted by Crippen LogP contribution is -2.53. The Kier molecular flexibility index (Phi) is 2.63. The van der Waals surface area contributed by atoms with Crippen molar-refractivity contribution < 1.29 is 0 Å². The van der Waals surface area contributed by atoms with E-state index in [0.717, 1.165) is 23.9 Å². The summed E-state index contributed by atoms with van der Waals surface area (Å²) in [4.78, 5) is 0. The summed E-state index contributed by atoms with van der Waals surface area (Å²) in [5, 5.41) is 4.07. The zero-order valence-electron chi connectivity index (χ0n) is 12.1. The fourth-order valence-corrected chi connectivity index (χ4v) is 5.31. The molecule has 0 amide bonds. The Bertz CT molecular complexity index is 304. The lowest BCUT2D eigenvalue weighted by Gasteiger charge is -2.44. The smallest absolute Gasteiger partial charge is 0.0177 e. The highest BCUT2D eigenvalue weighted by atomic mass is 15.0. The Balaban J connectivity index is 1.74. The van der Waals surface area contributed by atoms with Gasteiger partial charge in [0.25, 0.3) is 0 Å². The van der Waals surface area contributed by atoms with Crippen LogP contribution in [0.15, 0.2) is 0 Å². The third-order valence-electron chi connectivity index (χ3n) is 6.37. The Morgan fingerprint density at radius 1 is 1.06 bits per heavy atom. The van der Waals surface area contributed by atoms with Crippen molar-refractivity contribution in [3.8, 4) is 0 Å². The van der Waals surface area contributed by atoms with Gasteiger partial charge < -0.3 is 5.32 Å². The van der Waals surface area contributed by atoms with Gasteiger partial charge in [0, 0.05) is 12.1 Å². The van der Waals surface area contributed by atoms with Crippen LogP contribution in [-0.4, -0.2) is 12.1 Å². The standard InChI is InChI=1S/C16H29N/c1-11-5-6-13(9-11)17-14-15(2,3)12-7-8-16(14,4)10-12/h11-14,17H,5-10H2,1-4H3. The quantitative estimate of drug-likeness (QED) is 0.763. The van der Waals surface area contributed by atoms with Gasteiger partial charge >= 0.3 is 0 Å². The van der Waals surface area contributed by atoms with Crippen molar-refractivity contribution in [1.82, 2.24) is 5.32 Å². The Labute approximate surface area is 107 Å².